The summed E-state index contributed by atoms with van der Waals surface area (Å²) in [4.78, 5) is 0. The van der Waals surface area contributed by atoms with E-state index in [1.807, 2.05) is 30.3 Å². The lowest BCUT2D eigenvalue weighted by molar-refractivity contribution is -0.0893. The van der Waals surface area contributed by atoms with Crippen molar-refractivity contribution in [2.24, 2.45) is 0 Å². The maximum atomic E-state index is 14.3. The van der Waals surface area contributed by atoms with Crippen molar-refractivity contribution in [1.29, 1.82) is 0 Å². The standard InChI is InChI=1S/C19H23BF2O3/c1-18(2,23)19(3,4)25-20-14-10-11-15(17(22)16(14)21)24-12-13-8-6-5-7-9-13/h5-11,20,23H,12H2,1-4H3. The number of aliphatic hydroxyl groups is 1. The first-order valence-electron chi connectivity index (χ1n) is 8.12. The van der Waals surface area contributed by atoms with Gasteiger partial charge in [-0.15, -0.1) is 0 Å². The predicted molar refractivity (Wildman–Crippen MR) is 95.4 cm³/mol. The van der Waals surface area contributed by atoms with Gasteiger partial charge in [0.2, 0.25) is 0 Å². The van der Waals surface area contributed by atoms with Gasteiger partial charge in [0, 0.05) is 0 Å². The van der Waals surface area contributed by atoms with Crippen molar-refractivity contribution in [3.8, 4) is 5.75 Å². The average Bonchev–Trinajstić information content (AvgIpc) is 2.55. The maximum absolute atomic E-state index is 14.3. The van der Waals surface area contributed by atoms with Gasteiger partial charge in [-0.05, 0) is 44.8 Å². The Hall–Kier alpha value is -1.92. The van der Waals surface area contributed by atoms with Crippen LogP contribution >= 0.6 is 0 Å². The summed E-state index contributed by atoms with van der Waals surface area (Å²) in [5.41, 5.74) is -1.11. The lowest BCUT2D eigenvalue weighted by Crippen LogP contribution is -2.49. The minimum Gasteiger partial charge on any atom is -0.486 e. The van der Waals surface area contributed by atoms with Gasteiger partial charge in [-0.2, -0.15) is 4.39 Å². The zero-order chi connectivity index (χ0) is 18.7. The van der Waals surface area contributed by atoms with E-state index >= 15 is 0 Å². The average molecular weight is 348 g/mol. The zero-order valence-corrected chi connectivity index (χ0v) is 15.0. The number of hydrogen-bond donors (Lipinski definition) is 1. The van der Waals surface area contributed by atoms with Crippen LogP contribution in [0.3, 0.4) is 0 Å². The summed E-state index contributed by atoms with van der Waals surface area (Å²) >= 11 is 0. The number of ether oxygens (including phenoxy) is 1. The zero-order valence-electron chi connectivity index (χ0n) is 15.0. The smallest absolute Gasteiger partial charge is 0.312 e. The second-order valence-electron chi connectivity index (χ2n) is 6.98. The van der Waals surface area contributed by atoms with Crippen molar-refractivity contribution in [3.63, 3.8) is 0 Å². The SMILES string of the molecule is CC(C)(O)C(C)(C)OBc1ccc(OCc2ccccc2)c(F)c1F. The van der Waals surface area contributed by atoms with E-state index in [0.717, 1.165) is 5.56 Å². The molecule has 3 nitrogen and oxygen atoms in total. The fourth-order valence-corrected chi connectivity index (χ4v) is 1.96. The second kappa shape index (κ2) is 7.54. The molecule has 0 saturated carbocycles. The van der Waals surface area contributed by atoms with Crippen molar-refractivity contribution in [2.75, 3.05) is 0 Å². The molecule has 0 heterocycles. The van der Waals surface area contributed by atoms with Crippen LogP contribution in [0.5, 0.6) is 5.75 Å². The molecular formula is C19H23BF2O3. The van der Waals surface area contributed by atoms with Gasteiger partial charge in [-0.1, -0.05) is 36.4 Å². The molecule has 0 atom stereocenters. The minimum absolute atomic E-state index is 0.0712. The topological polar surface area (TPSA) is 38.7 Å². The van der Waals surface area contributed by atoms with Crippen LogP contribution in [0.2, 0.25) is 0 Å². The quantitative estimate of drug-likeness (QED) is 0.782. The van der Waals surface area contributed by atoms with Gasteiger partial charge in [0.05, 0.1) is 11.2 Å². The first-order valence-corrected chi connectivity index (χ1v) is 8.12. The van der Waals surface area contributed by atoms with E-state index in [1.54, 1.807) is 27.7 Å². The third-order valence-electron chi connectivity index (χ3n) is 4.43. The molecule has 25 heavy (non-hydrogen) atoms. The van der Waals surface area contributed by atoms with Crippen molar-refractivity contribution in [1.82, 2.24) is 0 Å². The lowest BCUT2D eigenvalue weighted by Gasteiger charge is -2.37. The van der Waals surface area contributed by atoms with E-state index in [1.165, 1.54) is 12.1 Å². The minimum atomic E-state index is -1.12. The molecule has 2 rings (SSSR count). The van der Waals surface area contributed by atoms with E-state index in [-0.39, 0.29) is 25.3 Å². The molecule has 6 heteroatoms. The van der Waals surface area contributed by atoms with Crippen molar-refractivity contribution in [3.05, 3.63) is 59.7 Å². The highest BCUT2D eigenvalue weighted by molar-refractivity contribution is 6.47. The molecule has 0 aliphatic rings. The highest BCUT2D eigenvalue weighted by Crippen LogP contribution is 2.25. The number of hydrogen-bond acceptors (Lipinski definition) is 3. The fraction of sp³-hybridized carbons (Fsp3) is 0.368. The van der Waals surface area contributed by atoms with E-state index in [4.69, 9.17) is 9.39 Å². The fourth-order valence-electron chi connectivity index (χ4n) is 1.96. The highest BCUT2D eigenvalue weighted by Gasteiger charge is 2.36. The van der Waals surface area contributed by atoms with Crippen LogP contribution in [-0.2, 0) is 11.3 Å². The largest absolute Gasteiger partial charge is 0.486 e. The van der Waals surface area contributed by atoms with Gasteiger partial charge in [-0.25, -0.2) is 4.39 Å². The van der Waals surface area contributed by atoms with Gasteiger partial charge >= 0.3 is 7.48 Å². The number of rotatable bonds is 7. The summed E-state index contributed by atoms with van der Waals surface area (Å²) in [6, 6.07) is 12.1. The van der Waals surface area contributed by atoms with Crippen LogP contribution in [-0.4, -0.2) is 23.8 Å². The molecule has 2 aromatic rings. The second-order valence-corrected chi connectivity index (χ2v) is 6.98. The molecule has 0 saturated heterocycles. The van der Waals surface area contributed by atoms with Crippen LogP contribution in [0.15, 0.2) is 42.5 Å². The van der Waals surface area contributed by atoms with Crippen LogP contribution in [0.4, 0.5) is 8.78 Å². The Balaban J connectivity index is 2.07. The van der Waals surface area contributed by atoms with Crippen molar-refractivity contribution in [2.45, 2.75) is 45.5 Å². The summed E-state index contributed by atoms with van der Waals surface area (Å²) in [7, 11) is -0.154. The highest BCUT2D eigenvalue weighted by atomic mass is 19.2. The van der Waals surface area contributed by atoms with Crippen LogP contribution in [0.1, 0.15) is 33.3 Å². The molecule has 0 aliphatic heterocycles. The molecule has 0 radical (unpaired) electrons. The van der Waals surface area contributed by atoms with Crippen molar-refractivity contribution < 1.29 is 23.3 Å². The van der Waals surface area contributed by atoms with Gasteiger partial charge in [-0.3, -0.25) is 0 Å². The summed E-state index contributed by atoms with van der Waals surface area (Å²) in [6.07, 6.45) is 0. The van der Waals surface area contributed by atoms with Gasteiger partial charge in [0.25, 0.3) is 0 Å². The Kier molecular flexibility index (Phi) is 5.85. The Labute approximate surface area is 147 Å². The third-order valence-corrected chi connectivity index (χ3v) is 4.43. The molecule has 0 fully saturated rings. The summed E-state index contributed by atoms with van der Waals surface area (Å²) < 4.78 is 39.4. The molecule has 0 spiro atoms. The molecule has 0 aliphatic carbocycles. The van der Waals surface area contributed by atoms with Crippen molar-refractivity contribution >= 4 is 12.9 Å². The molecule has 0 bridgehead atoms. The van der Waals surface area contributed by atoms with Gasteiger partial charge in [0.1, 0.15) is 6.61 Å². The Morgan fingerprint density at radius 1 is 0.960 bits per heavy atom. The first kappa shape index (κ1) is 19.4. The number of halogens is 2. The molecule has 0 unspecified atom stereocenters. The Bertz CT molecular complexity index is 713. The molecule has 1 N–H and O–H groups in total. The number of benzene rings is 2. The molecule has 134 valence electrons. The normalized spacial score (nSPS) is 12.1. The van der Waals surface area contributed by atoms with Crippen LogP contribution < -0.4 is 10.2 Å². The van der Waals surface area contributed by atoms with E-state index in [9.17, 15) is 13.9 Å². The summed E-state index contributed by atoms with van der Waals surface area (Å²) in [6.45, 7) is 6.74. The van der Waals surface area contributed by atoms with Gasteiger partial charge < -0.3 is 14.5 Å². The summed E-state index contributed by atoms with van der Waals surface area (Å²) in [5.74, 6) is -2.19. The van der Waals surface area contributed by atoms with E-state index in [2.05, 4.69) is 0 Å². The van der Waals surface area contributed by atoms with Gasteiger partial charge in [0.15, 0.2) is 17.4 Å². The molecule has 0 amide bonds. The monoisotopic (exact) mass is 348 g/mol. The summed E-state index contributed by atoms with van der Waals surface area (Å²) in [5, 5.41) is 10.1. The molecule has 0 aromatic heterocycles. The molecular weight excluding hydrogens is 325 g/mol. The van der Waals surface area contributed by atoms with Crippen LogP contribution in [0.25, 0.3) is 0 Å². The predicted octanol–water partition coefficient (Wildman–Crippen LogP) is 3.09. The maximum Gasteiger partial charge on any atom is 0.312 e. The van der Waals surface area contributed by atoms with E-state index in [0.29, 0.717) is 0 Å². The van der Waals surface area contributed by atoms with Crippen LogP contribution in [0, 0.1) is 11.6 Å². The third kappa shape index (κ3) is 4.80. The first-order chi connectivity index (χ1) is 11.6. The Morgan fingerprint density at radius 3 is 2.20 bits per heavy atom. The lowest BCUT2D eigenvalue weighted by atomic mass is 9.82. The Morgan fingerprint density at radius 2 is 1.60 bits per heavy atom. The molecule has 2 aromatic carbocycles. The van der Waals surface area contributed by atoms with E-state index < -0.39 is 22.8 Å².